The Morgan fingerprint density at radius 1 is 1.05 bits per heavy atom. The van der Waals surface area contributed by atoms with Crippen LogP contribution >= 0.6 is 11.3 Å². The molecular formula is C18H12N2S. The molecule has 0 spiro atoms. The van der Waals surface area contributed by atoms with Gasteiger partial charge in [-0.3, -0.25) is 0 Å². The van der Waals surface area contributed by atoms with Crippen LogP contribution in [0.1, 0.15) is 16.7 Å². The first kappa shape index (κ1) is 12.2. The van der Waals surface area contributed by atoms with Gasteiger partial charge in [0.1, 0.15) is 0 Å². The molecule has 1 aromatic heterocycles. The second-order valence-electron chi connectivity index (χ2n) is 4.87. The minimum absolute atomic E-state index is 0.912. The van der Waals surface area contributed by atoms with E-state index in [4.69, 9.17) is 0 Å². The van der Waals surface area contributed by atoms with Crippen molar-refractivity contribution in [3.05, 3.63) is 81.6 Å². The third kappa shape index (κ3) is 2.22. The smallest absolute Gasteiger partial charge is 0.0935 e. The highest BCUT2D eigenvalue weighted by molar-refractivity contribution is 7.08. The number of benzene rings is 1. The summed E-state index contributed by atoms with van der Waals surface area (Å²) >= 11 is 1.66. The lowest BCUT2D eigenvalue weighted by atomic mass is 9.96. The van der Waals surface area contributed by atoms with Crippen LogP contribution in [0.4, 0.5) is 0 Å². The maximum absolute atomic E-state index is 4.38. The summed E-state index contributed by atoms with van der Waals surface area (Å²) in [5, 5.41) is 12.7. The second kappa shape index (κ2) is 5.11. The summed E-state index contributed by atoms with van der Waals surface area (Å²) in [6.45, 7) is 0. The molecule has 0 N–H and O–H groups in total. The van der Waals surface area contributed by atoms with Gasteiger partial charge in [0.05, 0.1) is 11.9 Å². The molecule has 0 aliphatic heterocycles. The molecule has 0 amide bonds. The largest absolute Gasteiger partial charge is 0.158 e. The third-order valence-electron chi connectivity index (χ3n) is 3.55. The summed E-state index contributed by atoms with van der Waals surface area (Å²) in [5.41, 5.74) is 6.90. The zero-order chi connectivity index (χ0) is 14.1. The van der Waals surface area contributed by atoms with Crippen molar-refractivity contribution >= 4 is 34.9 Å². The fraction of sp³-hybridized carbons (Fsp3) is 0. The van der Waals surface area contributed by atoms with E-state index in [9.17, 15) is 0 Å². The minimum Gasteiger partial charge on any atom is -0.158 e. The quantitative estimate of drug-likeness (QED) is 0.571. The van der Waals surface area contributed by atoms with Crippen molar-refractivity contribution in [2.45, 2.75) is 0 Å². The topological polar surface area (TPSA) is 24.7 Å². The van der Waals surface area contributed by atoms with Gasteiger partial charge in [0.25, 0.3) is 0 Å². The lowest BCUT2D eigenvalue weighted by molar-refractivity contribution is 1.25. The molecule has 2 aliphatic carbocycles. The van der Waals surface area contributed by atoms with Crippen LogP contribution in [0.25, 0.3) is 11.6 Å². The van der Waals surface area contributed by atoms with Crippen molar-refractivity contribution < 1.29 is 0 Å². The van der Waals surface area contributed by atoms with Crippen LogP contribution < -0.4 is 0 Å². The predicted octanol–water partition coefficient (Wildman–Crippen LogP) is 4.57. The second-order valence-corrected chi connectivity index (χ2v) is 5.65. The average Bonchev–Trinajstić information content (AvgIpc) is 3.15. The maximum atomic E-state index is 4.38. The van der Waals surface area contributed by atoms with Crippen molar-refractivity contribution in [2.75, 3.05) is 0 Å². The number of fused-ring (bicyclic) bond motifs is 3. The Kier molecular flexibility index (Phi) is 2.98. The van der Waals surface area contributed by atoms with E-state index in [0.29, 0.717) is 0 Å². The van der Waals surface area contributed by atoms with E-state index >= 15 is 0 Å². The van der Waals surface area contributed by atoms with Gasteiger partial charge in [0.15, 0.2) is 0 Å². The molecule has 2 aromatic rings. The summed E-state index contributed by atoms with van der Waals surface area (Å²) in [4.78, 5) is 0. The summed E-state index contributed by atoms with van der Waals surface area (Å²) in [6, 6.07) is 10.4. The fourth-order valence-electron chi connectivity index (χ4n) is 2.56. The van der Waals surface area contributed by atoms with Crippen molar-refractivity contribution in [3.8, 4) is 0 Å². The van der Waals surface area contributed by atoms with E-state index in [1.807, 2.05) is 23.6 Å². The van der Waals surface area contributed by atoms with E-state index in [0.717, 1.165) is 16.8 Å². The first-order valence-corrected chi connectivity index (χ1v) is 7.69. The normalized spacial score (nSPS) is 17.8. The number of nitrogens with zero attached hydrogens (tertiary/aromatic N) is 2. The van der Waals surface area contributed by atoms with Gasteiger partial charge in [-0.05, 0) is 45.7 Å². The zero-order valence-electron chi connectivity index (χ0n) is 11.2. The van der Waals surface area contributed by atoms with Crippen LogP contribution in [-0.4, -0.2) is 11.9 Å². The van der Waals surface area contributed by atoms with Crippen LogP contribution in [0.15, 0.2) is 75.1 Å². The molecule has 1 aromatic carbocycles. The Morgan fingerprint density at radius 3 is 2.90 bits per heavy atom. The molecule has 4 rings (SSSR count). The molecule has 0 bridgehead atoms. The van der Waals surface area contributed by atoms with Gasteiger partial charge in [0.2, 0.25) is 0 Å². The zero-order valence-corrected chi connectivity index (χ0v) is 12.0. The Hall–Kier alpha value is -2.52. The molecule has 2 aliphatic rings. The highest BCUT2D eigenvalue weighted by Crippen LogP contribution is 2.37. The van der Waals surface area contributed by atoms with Gasteiger partial charge in [-0.1, -0.05) is 36.4 Å². The van der Waals surface area contributed by atoms with E-state index in [1.54, 1.807) is 17.6 Å². The molecule has 100 valence electrons. The molecule has 0 unspecified atom stereocenters. The Balaban J connectivity index is 1.68. The van der Waals surface area contributed by atoms with Gasteiger partial charge < -0.3 is 0 Å². The number of thiophene rings is 1. The fourth-order valence-corrected chi connectivity index (χ4v) is 3.17. The molecule has 3 heteroatoms. The standard InChI is InChI=1S/C18H12N2S/c1-2-5-15-14(4-1)10-17-16(15)6-3-7-18(17)20-19-11-13-8-9-21-12-13/h1-12H/b19-11+,20-18+. The van der Waals surface area contributed by atoms with Gasteiger partial charge in [-0.15, -0.1) is 0 Å². The third-order valence-corrected chi connectivity index (χ3v) is 4.25. The van der Waals surface area contributed by atoms with Crippen molar-refractivity contribution in [3.63, 3.8) is 0 Å². The summed E-state index contributed by atoms with van der Waals surface area (Å²) in [7, 11) is 0. The maximum Gasteiger partial charge on any atom is 0.0935 e. The molecule has 0 fully saturated rings. The Labute approximate surface area is 127 Å². The number of allylic oxidation sites excluding steroid dienone is 5. The lowest BCUT2D eigenvalue weighted by Crippen LogP contribution is -2.01. The highest BCUT2D eigenvalue weighted by atomic mass is 32.1. The molecule has 0 saturated heterocycles. The molecule has 21 heavy (non-hydrogen) atoms. The Bertz CT molecular complexity index is 834. The number of hydrogen-bond donors (Lipinski definition) is 0. The van der Waals surface area contributed by atoms with Gasteiger partial charge in [-0.2, -0.15) is 21.5 Å². The first-order valence-electron chi connectivity index (χ1n) is 6.75. The lowest BCUT2D eigenvalue weighted by Gasteiger charge is -2.09. The SMILES string of the molecule is C1=C/C(=N\N=C\c2ccsc2)C2=Cc3ccccc3C2=C1. The monoisotopic (exact) mass is 288 g/mol. The van der Waals surface area contributed by atoms with Crippen LogP contribution in [0, 0.1) is 0 Å². The molecule has 2 nitrogen and oxygen atoms in total. The summed E-state index contributed by atoms with van der Waals surface area (Å²) < 4.78 is 0. The molecule has 0 saturated carbocycles. The van der Waals surface area contributed by atoms with Crippen molar-refractivity contribution in [2.24, 2.45) is 10.2 Å². The first-order chi connectivity index (χ1) is 10.4. The van der Waals surface area contributed by atoms with Crippen molar-refractivity contribution in [1.82, 2.24) is 0 Å². The van der Waals surface area contributed by atoms with Crippen LogP contribution in [-0.2, 0) is 0 Å². The van der Waals surface area contributed by atoms with E-state index < -0.39 is 0 Å². The van der Waals surface area contributed by atoms with Crippen LogP contribution in [0.3, 0.4) is 0 Å². The Morgan fingerprint density at radius 2 is 2.00 bits per heavy atom. The van der Waals surface area contributed by atoms with Gasteiger partial charge in [0, 0.05) is 11.1 Å². The molecule has 0 radical (unpaired) electrons. The molecule has 1 heterocycles. The van der Waals surface area contributed by atoms with Crippen LogP contribution in [0.2, 0.25) is 0 Å². The molecular weight excluding hydrogens is 276 g/mol. The van der Waals surface area contributed by atoms with Gasteiger partial charge in [-0.25, -0.2) is 0 Å². The summed E-state index contributed by atoms with van der Waals surface area (Å²) in [6.07, 6.45) is 10.2. The average molecular weight is 288 g/mol. The number of hydrogen-bond acceptors (Lipinski definition) is 3. The molecule has 0 atom stereocenters. The van der Waals surface area contributed by atoms with Crippen LogP contribution in [0.5, 0.6) is 0 Å². The van der Waals surface area contributed by atoms with E-state index in [1.165, 1.54) is 16.7 Å². The summed E-state index contributed by atoms with van der Waals surface area (Å²) in [5.74, 6) is 0. The highest BCUT2D eigenvalue weighted by Gasteiger charge is 2.22. The minimum atomic E-state index is 0.912. The van der Waals surface area contributed by atoms with E-state index in [2.05, 4.69) is 52.0 Å². The van der Waals surface area contributed by atoms with Gasteiger partial charge >= 0.3 is 0 Å². The van der Waals surface area contributed by atoms with E-state index in [-0.39, 0.29) is 0 Å². The predicted molar refractivity (Wildman–Crippen MR) is 90.9 cm³/mol. The van der Waals surface area contributed by atoms with Crippen molar-refractivity contribution in [1.29, 1.82) is 0 Å². The number of rotatable bonds is 2.